The number of nitrogens with zero attached hydrogens (tertiary/aromatic N) is 3. The number of carbonyl (C=O) groups is 2. The summed E-state index contributed by atoms with van der Waals surface area (Å²) in [7, 11) is 1.83. The monoisotopic (exact) mass is 511 g/mol. The number of fused-ring (bicyclic) bond motifs is 1. The van der Waals surface area contributed by atoms with Crippen molar-refractivity contribution in [2.24, 2.45) is 11.8 Å². The molecule has 2 amide bonds. The third-order valence-electron chi connectivity index (χ3n) is 8.18. The van der Waals surface area contributed by atoms with Crippen molar-refractivity contribution >= 4 is 11.8 Å². The first-order valence-corrected chi connectivity index (χ1v) is 13.8. The smallest absolute Gasteiger partial charge is 0.259 e. The average Bonchev–Trinajstić information content (AvgIpc) is 3.35. The van der Waals surface area contributed by atoms with E-state index >= 15 is 0 Å². The van der Waals surface area contributed by atoms with Gasteiger partial charge in [0.1, 0.15) is 17.3 Å². The van der Waals surface area contributed by atoms with Gasteiger partial charge in [-0.3, -0.25) is 9.59 Å². The maximum atomic E-state index is 13.6. The van der Waals surface area contributed by atoms with Crippen LogP contribution in [-0.4, -0.2) is 81.3 Å². The number of amides is 2. The van der Waals surface area contributed by atoms with Gasteiger partial charge in [0.05, 0.1) is 19.2 Å². The lowest BCUT2D eigenvalue weighted by molar-refractivity contribution is -0.136. The Morgan fingerprint density at radius 2 is 1.97 bits per heavy atom. The Labute approximate surface area is 220 Å². The molecular weight excluding hydrogens is 470 g/mol. The van der Waals surface area contributed by atoms with E-state index in [-0.39, 0.29) is 47.8 Å². The molecule has 2 saturated carbocycles. The van der Waals surface area contributed by atoms with Gasteiger partial charge < -0.3 is 24.7 Å². The van der Waals surface area contributed by atoms with Crippen LogP contribution in [0, 0.1) is 23.7 Å². The number of carbonyl (C=O) groups excluding carboxylic acids is 2. The van der Waals surface area contributed by atoms with E-state index in [1.807, 2.05) is 20.9 Å². The number of aromatic nitrogens is 1. The molecule has 1 aliphatic heterocycles. The standard InChI is InChI=1S/C29H41N3O5/c1-20-17-32(21(2)19-33)28(35)24-15-22(11-14-29(36)12-7-8-13-29)16-30-26(24)37-25(20)18-31(3)27(34)23-9-5-4-6-10-23/h15-16,20-21,23,25,33,36H,4-10,12-13,17-19H2,1-3H3/t20-,21-,25-/m1/s1. The van der Waals surface area contributed by atoms with E-state index in [2.05, 4.69) is 16.8 Å². The van der Waals surface area contributed by atoms with Crippen molar-refractivity contribution in [2.45, 2.75) is 89.4 Å². The van der Waals surface area contributed by atoms with Gasteiger partial charge in [-0.2, -0.15) is 0 Å². The van der Waals surface area contributed by atoms with E-state index in [9.17, 15) is 19.8 Å². The first-order chi connectivity index (χ1) is 17.7. The Kier molecular flexibility index (Phi) is 8.76. The molecule has 4 rings (SSSR count). The topological polar surface area (TPSA) is 103 Å². The predicted octanol–water partition coefficient (Wildman–Crippen LogP) is 3.00. The molecule has 3 aliphatic rings. The van der Waals surface area contributed by atoms with Crippen molar-refractivity contribution in [3.63, 3.8) is 0 Å². The van der Waals surface area contributed by atoms with Gasteiger partial charge >= 0.3 is 0 Å². The zero-order chi connectivity index (χ0) is 26.6. The van der Waals surface area contributed by atoms with Crippen LogP contribution in [0.2, 0.25) is 0 Å². The minimum atomic E-state index is -0.988. The van der Waals surface area contributed by atoms with E-state index in [1.165, 1.54) is 6.42 Å². The number of hydrogen-bond acceptors (Lipinski definition) is 6. The summed E-state index contributed by atoms with van der Waals surface area (Å²) < 4.78 is 6.33. The second-order valence-corrected chi connectivity index (χ2v) is 11.2. The lowest BCUT2D eigenvalue weighted by Gasteiger charge is -2.38. The molecule has 2 heterocycles. The highest BCUT2D eigenvalue weighted by molar-refractivity contribution is 5.97. The van der Waals surface area contributed by atoms with Crippen molar-refractivity contribution in [3.8, 4) is 17.7 Å². The molecule has 2 aliphatic carbocycles. The van der Waals surface area contributed by atoms with Crippen molar-refractivity contribution in [1.82, 2.24) is 14.8 Å². The molecule has 1 aromatic heterocycles. The molecule has 0 aromatic carbocycles. The Morgan fingerprint density at radius 1 is 1.27 bits per heavy atom. The van der Waals surface area contributed by atoms with Crippen LogP contribution in [0.15, 0.2) is 12.3 Å². The Hall–Kier alpha value is -2.63. The van der Waals surface area contributed by atoms with E-state index in [4.69, 9.17) is 4.74 Å². The minimum Gasteiger partial charge on any atom is -0.472 e. The zero-order valence-electron chi connectivity index (χ0n) is 22.4. The van der Waals surface area contributed by atoms with Crippen molar-refractivity contribution in [2.75, 3.05) is 26.7 Å². The second-order valence-electron chi connectivity index (χ2n) is 11.2. The zero-order valence-corrected chi connectivity index (χ0v) is 22.4. The lowest BCUT2D eigenvalue weighted by atomic mass is 9.88. The molecular formula is C29H41N3O5. The van der Waals surface area contributed by atoms with Gasteiger partial charge in [-0.05, 0) is 51.5 Å². The quantitative estimate of drug-likeness (QED) is 0.589. The lowest BCUT2D eigenvalue weighted by Crippen LogP contribution is -2.51. The molecule has 0 radical (unpaired) electrons. The summed E-state index contributed by atoms with van der Waals surface area (Å²) >= 11 is 0. The summed E-state index contributed by atoms with van der Waals surface area (Å²) in [5.41, 5.74) is -0.177. The molecule has 0 bridgehead atoms. The van der Waals surface area contributed by atoms with Crippen LogP contribution in [-0.2, 0) is 4.79 Å². The molecule has 2 N–H and O–H groups in total. The second kappa shape index (κ2) is 11.8. The van der Waals surface area contributed by atoms with Crippen LogP contribution in [0.1, 0.15) is 87.6 Å². The van der Waals surface area contributed by atoms with Gasteiger partial charge in [-0.25, -0.2) is 4.98 Å². The first-order valence-electron chi connectivity index (χ1n) is 13.8. The first kappa shape index (κ1) is 27.4. The molecule has 0 saturated heterocycles. The fourth-order valence-electron chi connectivity index (χ4n) is 5.68. The highest BCUT2D eigenvalue weighted by atomic mass is 16.5. The number of hydrogen-bond donors (Lipinski definition) is 2. The maximum Gasteiger partial charge on any atom is 0.259 e. The van der Waals surface area contributed by atoms with Crippen LogP contribution in [0.25, 0.3) is 0 Å². The highest BCUT2D eigenvalue weighted by Crippen LogP contribution is 2.30. The van der Waals surface area contributed by atoms with E-state index in [0.717, 1.165) is 38.5 Å². The van der Waals surface area contributed by atoms with Crippen LogP contribution in [0.3, 0.4) is 0 Å². The molecule has 1 aromatic rings. The van der Waals surface area contributed by atoms with Gasteiger partial charge in [0, 0.05) is 37.2 Å². The third kappa shape index (κ3) is 6.45. The van der Waals surface area contributed by atoms with Crippen molar-refractivity contribution in [3.05, 3.63) is 23.4 Å². The highest BCUT2D eigenvalue weighted by Gasteiger charge is 2.36. The van der Waals surface area contributed by atoms with Gasteiger partial charge in [0.2, 0.25) is 11.8 Å². The largest absolute Gasteiger partial charge is 0.472 e. The number of likely N-dealkylation sites (N-methyl/N-ethyl adjacent to an activating group) is 1. The normalized spacial score (nSPS) is 24.7. The maximum absolute atomic E-state index is 13.6. The minimum absolute atomic E-state index is 0.0660. The van der Waals surface area contributed by atoms with Crippen LogP contribution in [0.5, 0.6) is 5.88 Å². The third-order valence-corrected chi connectivity index (χ3v) is 8.18. The number of ether oxygens (including phenoxy) is 1. The molecule has 202 valence electrons. The molecule has 2 fully saturated rings. The van der Waals surface area contributed by atoms with E-state index in [0.29, 0.717) is 31.5 Å². The molecule has 8 heteroatoms. The van der Waals surface area contributed by atoms with Crippen LogP contribution < -0.4 is 4.74 Å². The Morgan fingerprint density at radius 3 is 2.65 bits per heavy atom. The van der Waals surface area contributed by atoms with E-state index in [1.54, 1.807) is 22.1 Å². The Bertz CT molecular complexity index is 1040. The molecule has 0 unspecified atom stereocenters. The number of aliphatic hydroxyl groups is 2. The summed E-state index contributed by atoms with van der Waals surface area (Å²) in [5, 5.41) is 20.5. The van der Waals surface area contributed by atoms with Crippen molar-refractivity contribution < 1.29 is 24.5 Å². The van der Waals surface area contributed by atoms with Gasteiger partial charge in [-0.1, -0.05) is 38.0 Å². The van der Waals surface area contributed by atoms with Gasteiger partial charge in [-0.15, -0.1) is 0 Å². The molecule has 8 nitrogen and oxygen atoms in total. The number of aliphatic hydroxyl groups excluding tert-OH is 1. The SMILES string of the molecule is C[C@@H]1CN([C@H](C)CO)C(=O)c2cc(C#CC3(O)CCCC3)cnc2O[C@@H]1CN(C)C(=O)C1CCCCC1. The summed E-state index contributed by atoms with van der Waals surface area (Å²) in [6, 6.07) is 1.27. The predicted molar refractivity (Wildman–Crippen MR) is 140 cm³/mol. The molecule has 0 spiro atoms. The summed E-state index contributed by atoms with van der Waals surface area (Å²) in [5.74, 6) is 6.03. The number of pyridine rings is 1. The fraction of sp³-hybridized carbons (Fsp3) is 0.690. The van der Waals surface area contributed by atoms with Gasteiger partial charge in [0.25, 0.3) is 5.91 Å². The summed E-state index contributed by atoms with van der Waals surface area (Å²) in [6.07, 6.45) is 9.64. The summed E-state index contributed by atoms with van der Waals surface area (Å²) in [6.45, 7) is 4.42. The fourth-order valence-corrected chi connectivity index (χ4v) is 5.68. The van der Waals surface area contributed by atoms with Crippen LogP contribution >= 0.6 is 0 Å². The summed E-state index contributed by atoms with van der Waals surface area (Å²) in [4.78, 5) is 34.6. The molecule has 37 heavy (non-hydrogen) atoms. The number of rotatable bonds is 5. The molecule has 3 atom stereocenters. The van der Waals surface area contributed by atoms with Crippen molar-refractivity contribution in [1.29, 1.82) is 0 Å². The average molecular weight is 512 g/mol. The Balaban J connectivity index is 1.61. The van der Waals surface area contributed by atoms with E-state index < -0.39 is 11.6 Å². The van der Waals surface area contributed by atoms with Crippen LogP contribution in [0.4, 0.5) is 0 Å². The van der Waals surface area contributed by atoms with Gasteiger partial charge in [0.15, 0.2) is 0 Å².